The van der Waals surface area contributed by atoms with Gasteiger partial charge in [0.2, 0.25) is 5.91 Å². The van der Waals surface area contributed by atoms with Gasteiger partial charge in [-0.25, -0.2) is 0 Å². The summed E-state index contributed by atoms with van der Waals surface area (Å²) in [5.74, 6) is 1.36. The van der Waals surface area contributed by atoms with Crippen molar-refractivity contribution in [1.82, 2.24) is 4.90 Å². The van der Waals surface area contributed by atoms with Gasteiger partial charge in [0.05, 0.1) is 18.4 Å². The van der Waals surface area contributed by atoms with Crippen molar-refractivity contribution >= 4 is 17.7 Å². The van der Waals surface area contributed by atoms with Crippen molar-refractivity contribution in [3.05, 3.63) is 29.8 Å². The Morgan fingerprint density at radius 3 is 2.95 bits per heavy atom. The summed E-state index contributed by atoms with van der Waals surface area (Å²) in [5, 5.41) is 8.76. The molecule has 2 rings (SSSR count). The van der Waals surface area contributed by atoms with E-state index in [0.717, 1.165) is 17.9 Å². The van der Waals surface area contributed by atoms with Gasteiger partial charge >= 0.3 is 0 Å². The molecule has 20 heavy (non-hydrogen) atoms. The highest BCUT2D eigenvalue weighted by Gasteiger charge is 2.32. The van der Waals surface area contributed by atoms with E-state index < -0.39 is 0 Å². The van der Waals surface area contributed by atoms with Crippen LogP contribution in [0.4, 0.5) is 0 Å². The molecule has 4 heteroatoms. The third-order valence-electron chi connectivity index (χ3n) is 3.39. The van der Waals surface area contributed by atoms with Gasteiger partial charge in [-0.1, -0.05) is 32.0 Å². The number of hydrogen-bond donors (Lipinski definition) is 0. The fraction of sp³-hybridized carbons (Fsp3) is 0.500. The Morgan fingerprint density at radius 2 is 2.25 bits per heavy atom. The van der Waals surface area contributed by atoms with Crippen molar-refractivity contribution in [2.24, 2.45) is 5.92 Å². The van der Waals surface area contributed by atoms with Crippen LogP contribution >= 0.6 is 11.8 Å². The second-order valence-corrected chi connectivity index (χ2v) is 6.55. The van der Waals surface area contributed by atoms with Gasteiger partial charge in [0.1, 0.15) is 0 Å². The number of carbonyl (C=O) groups excluding carboxylic acids is 1. The van der Waals surface area contributed by atoms with Crippen LogP contribution in [0.3, 0.4) is 0 Å². The van der Waals surface area contributed by atoms with Gasteiger partial charge in [0.15, 0.2) is 0 Å². The Balaban J connectivity index is 2.14. The first-order chi connectivity index (χ1) is 9.63. The van der Waals surface area contributed by atoms with E-state index in [1.807, 2.05) is 17.0 Å². The molecule has 0 spiro atoms. The molecule has 1 amide bonds. The predicted molar refractivity (Wildman–Crippen MR) is 81.6 cm³/mol. The molecule has 0 bridgehead atoms. The van der Waals surface area contributed by atoms with Crippen LogP contribution in [0.2, 0.25) is 0 Å². The molecular weight excluding hydrogens is 268 g/mol. The normalized spacial score (nSPS) is 16.8. The van der Waals surface area contributed by atoms with Crippen molar-refractivity contribution in [3.8, 4) is 6.07 Å². The molecule has 106 valence electrons. The van der Waals surface area contributed by atoms with Gasteiger partial charge in [0.25, 0.3) is 0 Å². The molecule has 0 saturated carbocycles. The van der Waals surface area contributed by atoms with E-state index in [-0.39, 0.29) is 11.8 Å². The molecule has 1 atom stereocenters. The smallest absolute Gasteiger partial charge is 0.231 e. The molecule has 1 aliphatic heterocycles. The zero-order chi connectivity index (χ0) is 14.5. The van der Waals surface area contributed by atoms with Crippen LogP contribution in [0.15, 0.2) is 29.2 Å². The number of hydrogen-bond acceptors (Lipinski definition) is 3. The van der Waals surface area contributed by atoms with Crippen molar-refractivity contribution < 1.29 is 4.79 Å². The van der Waals surface area contributed by atoms with E-state index >= 15 is 0 Å². The Kier molecular flexibility index (Phi) is 5.08. The number of nitriles is 1. The lowest BCUT2D eigenvalue weighted by molar-refractivity contribution is -0.132. The summed E-state index contributed by atoms with van der Waals surface area (Å²) in [6.45, 7) is 5.47. The number of rotatable bonds is 5. The molecule has 0 saturated heterocycles. The van der Waals surface area contributed by atoms with Crippen LogP contribution in [0.25, 0.3) is 0 Å². The molecule has 1 heterocycles. The monoisotopic (exact) mass is 288 g/mol. The number of fused-ring (bicyclic) bond motifs is 1. The second kappa shape index (κ2) is 6.81. The van der Waals surface area contributed by atoms with Crippen molar-refractivity contribution in [3.63, 3.8) is 0 Å². The molecule has 0 fully saturated rings. The average Bonchev–Trinajstić information content (AvgIpc) is 2.86. The van der Waals surface area contributed by atoms with Crippen molar-refractivity contribution in [1.29, 1.82) is 5.26 Å². The van der Waals surface area contributed by atoms with E-state index in [1.165, 1.54) is 4.90 Å². The standard InChI is InChI=1S/C16H20N2OS/c1-12(2)10-18(9-5-8-17)16(19)14-11-20-15-7-4-3-6-13(14)15/h3-4,6-7,12,14H,5,9-11H2,1-2H3. The Bertz CT molecular complexity index is 521. The summed E-state index contributed by atoms with van der Waals surface area (Å²) >= 11 is 1.75. The summed E-state index contributed by atoms with van der Waals surface area (Å²) in [7, 11) is 0. The van der Waals surface area contributed by atoms with Gasteiger partial charge in [-0.15, -0.1) is 11.8 Å². The van der Waals surface area contributed by atoms with Crippen LogP contribution in [0, 0.1) is 17.2 Å². The first-order valence-corrected chi connectivity index (χ1v) is 7.99. The quantitative estimate of drug-likeness (QED) is 0.835. The van der Waals surface area contributed by atoms with Gasteiger partial charge < -0.3 is 4.90 Å². The van der Waals surface area contributed by atoms with E-state index in [0.29, 0.717) is 18.9 Å². The Labute approximate surface area is 125 Å². The molecule has 0 radical (unpaired) electrons. The third kappa shape index (κ3) is 3.34. The highest BCUT2D eigenvalue weighted by atomic mass is 32.2. The molecule has 0 aromatic heterocycles. The molecule has 1 aliphatic rings. The maximum Gasteiger partial charge on any atom is 0.231 e. The van der Waals surface area contributed by atoms with Gasteiger partial charge in [0, 0.05) is 23.7 Å². The van der Waals surface area contributed by atoms with E-state index in [9.17, 15) is 4.79 Å². The molecule has 1 aromatic carbocycles. The average molecular weight is 288 g/mol. The van der Waals surface area contributed by atoms with Gasteiger partial charge in [-0.2, -0.15) is 5.26 Å². The lowest BCUT2D eigenvalue weighted by Gasteiger charge is -2.26. The first-order valence-electron chi connectivity index (χ1n) is 7.01. The van der Waals surface area contributed by atoms with Crippen LogP contribution in [-0.4, -0.2) is 29.6 Å². The molecule has 3 nitrogen and oxygen atoms in total. The van der Waals surface area contributed by atoms with E-state index in [1.54, 1.807) is 11.8 Å². The maximum atomic E-state index is 12.8. The highest BCUT2D eigenvalue weighted by molar-refractivity contribution is 7.99. The van der Waals surface area contributed by atoms with Crippen molar-refractivity contribution in [2.45, 2.75) is 31.1 Å². The largest absolute Gasteiger partial charge is 0.341 e. The topological polar surface area (TPSA) is 44.1 Å². The molecular formula is C16H20N2OS. The lowest BCUT2D eigenvalue weighted by Crippen LogP contribution is -2.38. The Morgan fingerprint density at radius 1 is 1.50 bits per heavy atom. The molecule has 1 unspecified atom stereocenters. The van der Waals surface area contributed by atoms with Crippen LogP contribution in [0.1, 0.15) is 31.7 Å². The predicted octanol–water partition coefficient (Wildman–Crippen LogP) is 3.27. The fourth-order valence-electron chi connectivity index (χ4n) is 2.50. The number of benzene rings is 1. The summed E-state index contributed by atoms with van der Waals surface area (Å²) in [5.41, 5.74) is 1.15. The summed E-state index contributed by atoms with van der Waals surface area (Å²) in [6.07, 6.45) is 0.403. The zero-order valence-electron chi connectivity index (χ0n) is 12.0. The van der Waals surface area contributed by atoms with Crippen molar-refractivity contribution in [2.75, 3.05) is 18.8 Å². The summed E-state index contributed by atoms with van der Waals surface area (Å²) in [4.78, 5) is 15.8. The van der Waals surface area contributed by atoms with Crippen LogP contribution in [-0.2, 0) is 4.79 Å². The number of nitrogens with zero attached hydrogens (tertiary/aromatic N) is 2. The highest BCUT2D eigenvalue weighted by Crippen LogP contribution is 2.40. The third-order valence-corrected chi connectivity index (χ3v) is 4.57. The lowest BCUT2D eigenvalue weighted by atomic mass is 9.99. The fourth-order valence-corrected chi connectivity index (χ4v) is 3.72. The minimum atomic E-state index is -0.0476. The summed E-state index contributed by atoms with van der Waals surface area (Å²) < 4.78 is 0. The first kappa shape index (κ1) is 14.9. The number of thioether (sulfide) groups is 1. The number of carbonyl (C=O) groups is 1. The molecule has 0 N–H and O–H groups in total. The zero-order valence-corrected chi connectivity index (χ0v) is 12.8. The van der Waals surface area contributed by atoms with Gasteiger partial charge in [-0.05, 0) is 17.5 Å². The molecule has 1 aromatic rings. The maximum absolute atomic E-state index is 12.8. The number of amides is 1. The SMILES string of the molecule is CC(C)CN(CCC#N)C(=O)C1CSc2ccccc21. The minimum absolute atomic E-state index is 0.0476. The van der Waals surface area contributed by atoms with Crippen LogP contribution in [0.5, 0.6) is 0 Å². The second-order valence-electron chi connectivity index (χ2n) is 5.49. The van der Waals surface area contributed by atoms with Crippen LogP contribution < -0.4 is 0 Å². The van der Waals surface area contributed by atoms with E-state index in [2.05, 4.69) is 32.0 Å². The van der Waals surface area contributed by atoms with E-state index in [4.69, 9.17) is 5.26 Å². The Hall–Kier alpha value is -1.47. The van der Waals surface area contributed by atoms with Gasteiger partial charge in [-0.3, -0.25) is 4.79 Å². The summed E-state index contributed by atoms with van der Waals surface area (Å²) in [6, 6.07) is 10.3. The molecule has 0 aliphatic carbocycles. The minimum Gasteiger partial charge on any atom is -0.341 e.